The zero-order valence-electron chi connectivity index (χ0n) is 7.62. The summed E-state index contributed by atoms with van der Waals surface area (Å²) in [5.74, 6) is -3.50. The first kappa shape index (κ1) is 12.0. The van der Waals surface area contributed by atoms with Crippen molar-refractivity contribution in [2.24, 2.45) is 0 Å². The summed E-state index contributed by atoms with van der Waals surface area (Å²) < 4.78 is 40.5. The molecule has 86 valence electrons. The molecule has 0 fully saturated rings. The van der Waals surface area contributed by atoms with Gasteiger partial charge < -0.3 is 9.84 Å². The molecule has 0 aliphatic rings. The third-order valence-corrected chi connectivity index (χ3v) is 1.68. The van der Waals surface area contributed by atoms with Gasteiger partial charge in [-0.2, -0.15) is 8.78 Å². The number of carbonyl (C=O) groups is 2. The number of carboxylic acids is 1. The van der Waals surface area contributed by atoms with E-state index in [0.29, 0.717) is 12.1 Å². The quantitative estimate of drug-likeness (QED) is 0.808. The Hall–Kier alpha value is -2.05. The molecule has 0 aliphatic carbocycles. The molecule has 0 unspecified atom stereocenters. The number of aromatic carboxylic acids is 1. The molecule has 0 amide bonds. The van der Waals surface area contributed by atoms with Crippen LogP contribution in [0.4, 0.5) is 13.2 Å². The fraction of sp³-hybridized carbons (Fsp3) is 0.111. The van der Waals surface area contributed by atoms with Gasteiger partial charge in [0.25, 0.3) is 0 Å². The fourth-order valence-corrected chi connectivity index (χ4v) is 1.06. The topological polar surface area (TPSA) is 63.6 Å². The zero-order chi connectivity index (χ0) is 12.3. The highest BCUT2D eigenvalue weighted by Crippen LogP contribution is 2.22. The summed E-state index contributed by atoms with van der Waals surface area (Å²) in [4.78, 5) is 21.0. The first-order valence-corrected chi connectivity index (χ1v) is 3.92. The second kappa shape index (κ2) is 4.65. The van der Waals surface area contributed by atoms with Crippen LogP contribution in [0.25, 0.3) is 0 Å². The minimum Gasteiger partial charge on any atom is -0.478 e. The summed E-state index contributed by atoms with van der Waals surface area (Å²) in [6.45, 7) is -3.21. The molecule has 0 aromatic heterocycles. The van der Waals surface area contributed by atoms with Crippen molar-refractivity contribution in [2.75, 3.05) is 0 Å². The molecule has 0 aliphatic heterocycles. The van der Waals surface area contributed by atoms with Crippen molar-refractivity contribution in [1.82, 2.24) is 0 Å². The molecule has 0 saturated carbocycles. The summed E-state index contributed by atoms with van der Waals surface area (Å²) in [5.41, 5.74) is -1.44. The fourth-order valence-electron chi connectivity index (χ4n) is 1.06. The van der Waals surface area contributed by atoms with E-state index >= 15 is 0 Å². The molecular formula is C9H5F3O4. The second-order valence-electron chi connectivity index (χ2n) is 2.67. The molecule has 0 saturated heterocycles. The minimum absolute atomic E-state index is 0.00899. The van der Waals surface area contributed by atoms with Crippen LogP contribution in [0.5, 0.6) is 5.75 Å². The van der Waals surface area contributed by atoms with Crippen LogP contribution in [0.3, 0.4) is 0 Å². The van der Waals surface area contributed by atoms with Crippen LogP contribution in [0.1, 0.15) is 20.7 Å². The van der Waals surface area contributed by atoms with Crippen molar-refractivity contribution < 1.29 is 32.6 Å². The smallest absolute Gasteiger partial charge is 0.387 e. The molecular weight excluding hydrogens is 229 g/mol. The van der Waals surface area contributed by atoms with Gasteiger partial charge in [0.1, 0.15) is 11.6 Å². The van der Waals surface area contributed by atoms with E-state index < -0.39 is 35.3 Å². The molecule has 7 heteroatoms. The van der Waals surface area contributed by atoms with E-state index in [1.807, 2.05) is 0 Å². The van der Waals surface area contributed by atoms with Gasteiger partial charge >= 0.3 is 12.6 Å². The average Bonchev–Trinajstić information content (AvgIpc) is 2.15. The van der Waals surface area contributed by atoms with Crippen molar-refractivity contribution in [3.63, 3.8) is 0 Å². The van der Waals surface area contributed by atoms with Crippen LogP contribution in [-0.4, -0.2) is 24.0 Å². The lowest BCUT2D eigenvalue weighted by Crippen LogP contribution is -2.08. The predicted octanol–water partition coefficient (Wildman–Crippen LogP) is 1.94. The lowest BCUT2D eigenvalue weighted by atomic mass is 10.1. The van der Waals surface area contributed by atoms with Crippen molar-refractivity contribution in [3.05, 3.63) is 29.1 Å². The van der Waals surface area contributed by atoms with E-state index in [9.17, 15) is 22.8 Å². The lowest BCUT2D eigenvalue weighted by Gasteiger charge is -2.07. The summed E-state index contributed by atoms with van der Waals surface area (Å²) in [7, 11) is 0. The molecule has 0 radical (unpaired) electrons. The SMILES string of the molecule is O=Cc1c(F)cc(OC(F)F)cc1C(=O)O. The summed E-state index contributed by atoms with van der Waals surface area (Å²) in [6, 6.07) is 1.17. The molecule has 1 rings (SSSR count). The number of carboxylic acid groups (broad SMARTS) is 1. The molecule has 1 aromatic rings. The van der Waals surface area contributed by atoms with Crippen molar-refractivity contribution >= 4 is 12.3 Å². The van der Waals surface area contributed by atoms with Crippen molar-refractivity contribution in [2.45, 2.75) is 6.61 Å². The Kier molecular flexibility index (Phi) is 3.49. The molecule has 0 spiro atoms. The molecule has 0 atom stereocenters. The number of hydrogen-bond acceptors (Lipinski definition) is 3. The summed E-state index contributed by atoms with van der Waals surface area (Å²) in [6.07, 6.45) is -0.00899. The van der Waals surface area contributed by atoms with Crippen molar-refractivity contribution in [3.8, 4) is 5.75 Å². The van der Waals surface area contributed by atoms with Crippen LogP contribution in [0, 0.1) is 5.82 Å². The summed E-state index contributed by atoms with van der Waals surface area (Å²) >= 11 is 0. The van der Waals surface area contributed by atoms with E-state index in [0.717, 1.165) is 0 Å². The van der Waals surface area contributed by atoms with Gasteiger partial charge in [0.05, 0.1) is 11.1 Å². The maximum Gasteiger partial charge on any atom is 0.387 e. The maximum absolute atomic E-state index is 13.1. The number of ether oxygens (including phenoxy) is 1. The van der Waals surface area contributed by atoms with E-state index in [1.54, 1.807) is 0 Å². The molecule has 1 N–H and O–H groups in total. The zero-order valence-corrected chi connectivity index (χ0v) is 7.62. The van der Waals surface area contributed by atoms with Gasteiger partial charge in [-0.25, -0.2) is 9.18 Å². The average molecular weight is 234 g/mol. The normalized spacial score (nSPS) is 10.2. The highest BCUT2D eigenvalue weighted by atomic mass is 19.3. The summed E-state index contributed by atoms with van der Waals surface area (Å²) in [5, 5.41) is 8.61. The van der Waals surface area contributed by atoms with Gasteiger partial charge in [0, 0.05) is 6.07 Å². The van der Waals surface area contributed by atoms with E-state index in [4.69, 9.17) is 5.11 Å². The van der Waals surface area contributed by atoms with Gasteiger partial charge in [0.15, 0.2) is 6.29 Å². The number of alkyl halides is 2. The number of aldehydes is 1. The van der Waals surface area contributed by atoms with E-state index in [-0.39, 0.29) is 6.29 Å². The van der Waals surface area contributed by atoms with Crippen LogP contribution in [0.2, 0.25) is 0 Å². The van der Waals surface area contributed by atoms with Crippen LogP contribution in [-0.2, 0) is 0 Å². The molecule has 0 heterocycles. The number of benzene rings is 1. The third-order valence-electron chi connectivity index (χ3n) is 1.68. The molecule has 4 nitrogen and oxygen atoms in total. The van der Waals surface area contributed by atoms with Gasteiger partial charge in [-0.3, -0.25) is 4.79 Å². The number of rotatable bonds is 4. The van der Waals surface area contributed by atoms with Crippen LogP contribution < -0.4 is 4.74 Å². The van der Waals surface area contributed by atoms with Crippen LogP contribution >= 0.6 is 0 Å². The van der Waals surface area contributed by atoms with E-state index in [1.165, 1.54) is 0 Å². The standard InChI is InChI=1S/C9H5F3O4/c10-7-2-4(16-9(11)12)1-5(8(14)15)6(7)3-13/h1-3,9H,(H,14,15). The Morgan fingerprint density at radius 3 is 2.50 bits per heavy atom. The van der Waals surface area contributed by atoms with E-state index in [2.05, 4.69) is 4.74 Å². The molecule has 0 bridgehead atoms. The van der Waals surface area contributed by atoms with Gasteiger partial charge in [-0.15, -0.1) is 0 Å². The first-order valence-electron chi connectivity index (χ1n) is 3.92. The largest absolute Gasteiger partial charge is 0.478 e. The first-order chi connectivity index (χ1) is 7.45. The Morgan fingerprint density at radius 2 is 2.06 bits per heavy atom. The Balaban J connectivity index is 3.28. The van der Waals surface area contributed by atoms with Crippen LogP contribution in [0.15, 0.2) is 12.1 Å². The monoisotopic (exact) mass is 234 g/mol. The number of halogens is 3. The predicted molar refractivity (Wildman–Crippen MR) is 45.4 cm³/mol. The van der Waals surface area contributed by atoms with Gasteiger partial charge in [-0.1, -0.05) is 0 Å². The van der Waals surface area contributed by atoms with Gasteiger partial charge in [-0.05, 0) is 6.07 Å². The second-order valence-corrected chi connectivity index (χ2v) is 2.67. The highest BCUT2D eigenvalue weighted by molar-refractivity contribution is 5.97. The Morgan fingerprint density at radius 1 is 1.44 bits per heavy atom. The minimum atomic E-state index is -3.21. The van der Waals surface area contributed by atoms with Gasteiger partial charge in [0.2, 0.25) is 0 Å². The Bertz CT molecular complexity index is 431. The molecule has 16 heavy (non-hydrogen) atoms. The third kappa shape index (κ3) is 2.50. The number of hydrogen-bond donors (Lipinski definition) is 1. The van der Waals surface area contributed by atoms with Crippen molar-refractivity contribution in [1.29, 1.82) is 0 Å². The maximum atomic E-state index is 13.1. The highest BCUT2D eigenvalue weighted by Gasteiger charge is 2.17. The Labute approximate surface area is 87.3 Å². The number of carbonyl (C=O) groups excluding carboxylic acids is 1. The lowest BCUT2D eigenvalue weighted by molar-refractivity contribution is -0.0500. The molecule has 1 aromatic carbocycles.